The number of rotatable bonds is 2. The van der Waals surface area contributed by atoms with Gasteiger partial charge < -0.3 is 10.2 Å². The molecule has 1 aliphatic rings. The van der Waals surface area contributed by atoms with Gasteiger partial charge in [0.2, 0.25) is 0 Å². The third-order valence-corrected chi connectivity index (χ3v) is 3.40. The third kappa shape index (κ3) is 2.67. The summed E-state index contributed by atoms with van der Waals surface area (Å²) >= 11 is 0. The van der Waals surface area contributed by atoms with Gasteiger partial charge in [-0.25, -0.2) is 0 Å². The van der Waals surface area contributed by atoms with Crippen LogP contribution < -0.4 is 5.32 Å². The van der Waals surface area contributed by atoms with E-state index in [9.17, 15) is 4.79 Å². The normalized spacial score (nSPS) is 15.1. The van der Waals surface area contributed by atoms with E-state index in [2.05, 4.69) is 15.3 Å². The average molecular weight is 268 g/mol. The zero-order valence-electron chi connectivity index (χ0n) is 11.1. The number of aromatic nitrogens is 2. The van der Waals surface area contributed by atoms with Crippen LogP contribution in [0.2, 0.25) is 0 Å². The number of pyridine rings is 2. The van der Waals surface area contributed by atoms with E-state index in [0.29, 0.717) is 5.69 Å². The summed E-state index contributed by atoms with van der Waals surface area (Å²) in [4.78, 5) is 22.4. The van der Waals surface area contributed by atoms with Crippen molar-refractivity contribution in [2.24, 2.45) is 0 Å². The molecule has 20 heavy (non-hydrogen) atoms. The Bertz CT molecular complexity index is 577. The summed E-state index contributed by atoms with van der Waals surface area (Å²) in [5, 5.41) is 3.23. The van der Waals surface area contributed by atoms with E-state index >= 15 is 0 Å². The van der Waals surface area contributed by atoms with Crippen molar-refractivity contribution < 1.29 is 4.79 Å². The predicted molar refractivity (Wildman–Crippen MR) is 76.2 cm³/mol. The molecule has 2 aromatic heterocycles. The molecule has 0 atom stereocenters. The van der Waals surface area contributed by atoms with Crippen LogP contribution >= 0.6 is 0 Å². The van der Waals surface area contributed by atoms with Crippen LogP contribution in [0, 0.1) is 0 Å². The standard InChI is InChI=1S/C15H16N4O/c20-15(19-9-7-17-8-10-19)14-2-1-13(11-18-14)12-3-5-16-6-4-12/h1-6,11,17H,7-10H2. The number of amides is 1. The maximum Gasteiger partial charge on any atom is 0.272 e. The first-order valence-electron chi connectivity index (χ1n) is 6.71. The molecule has 2 aromatic rings. The highest BCUT2D eigenvalue weighted by atomic mass is 16.2. The summed E-state index contributed by atoms with van der Waals surface area (Å²) in [6.45, 7) is 3.18. The van der Waals surface area contributed by atoms with Gasteiger partial charge in [-0.15, -0.1) is 0 Å². The van der Waals surface area contributed by atoms with Gasteiger partial charge in [0.1, 0.15) is 5.69 Å². The van der Waals surface area contributed by atoms with Crippen molar-refractivity contribution in [3.05, 3.63) is 48.5 Å². The molecule has 1 fully saturated rings. The SMILES string of the molecule is O=C(c1ccc(-c2ccncc2)cn1)N1CCNCC1. The van der Waals surface area contributed by atoms with Crippen LogP contribution in [0.3, 0.4) is 0 Å². The summed E-state index contributed by atoms with van der Waals surface area (Å²) in [6.07, 6.45) is 5.23. The van der Waals surface area contributed by atoms with E-state index in [1.54, 1.807) is 24.7 Å². The van der Waals surface area contributed by atoms with Crippen molar-refractivity contribution in [1.29, 1.82) is 0 Å². The minimum absolute atomic E-state index is 0.00720. The molecule has 0 unspecified atom stereocenters. The monoisotopic (exact) mass is 268 g/mol. The Balaban J connectivity index is 1.77. The van der Waals surface area contributed by atoms with Gasteiger partial charge in [-0.2, -0.15) is 0 Å². The highest BCUT2D eigenvalue weighted by molar-refractivity contribution is 5.92. The smallest absolute Gasteiger partial charge is 0.272 e. The maximum absolute atomic E-state index is 12.3. The van der Waals surface area contributed by atoms with E-state index in [1.165, 1.54) is 0 Å². The Morgan fingerprint density at radius 2 is 1.80 bits per heavy atom. The van der Waals surface area contributed by atoms with Gasteiger partial charge >= 0.3 is 0 Å². The van der Waals surface area contributed by atoms with Crippen LogP contribution in [0.1, 0.15) is 10.5 Å². The van der Waals surface area contributed by atoms with Gasteiger partial charge in [-0.1, -0.05) is 6.07 Å². The second kappa shape index (κ2) is 5.79. The van der Waals surface area contributed by atoms with Crippen LogP contribution in [0.25, 0.3) is 11.1 Å². The number of carbonyl (C=O) groups excluding carboxylic acids is 1. The highest BCUT2D eigenvalue weighted by Gasteiger charge is 2.18. The largest absolute Gasteiger partial charge is 0.335 e. The number of nitrogens with one attached hydrogen (secondary N) is 1. The number of hydrogen-bond donors (Lipinski definition) is 1. The van der Waals surface area contributed by atoms with Crippen LogP contribution in [0.5, 0.6) is 0 Å². The first-order chi connectivity index (χ1) is 9.84. The Labute approximate surface area is 117 Å². The van der Waals surface area contributed by atoms with E-state index in [-0.39, 0.29) is 5.91 Å². The van der Waals surface area contributed by atoms with Crippen molar-refractivity contribution in [2.45, 2.75) is 0 Å². The molecule has 102 valence electrons. The fourth-order valence-corrected chi connectivity index (χ4v) is 2.27. The first-order valence-corrected chi connectivity index (χ1v) is 6.71. The second-order valence-corrected chi connectivity index (χ2v) is 4.71. The van der Waals surface area contributed by atoms with Gasteiger partial charge in [-0.3, -0.25) is 14.8 Å². The minimum atomic E-state index is 0.00720. The molecule has 0 radical (unpaired) electrons. The minimum Gasteiger partial charge on any atom is -0.335 e. The Kier molecular flexibility index (Phi) is 3.69. The quantitative estimate of drug-likeness (QED) is 0.889. The molecule has 1 N–H and O–H groups in total. The van der Waals surface area contributed by atoms with Crippen LogP contribution in [0.4, 0.5) is 0 Å². The Hall–Kier alpha value is -2.27. The molecular weight excluding hydrogens is 252 g/mol. The lowest BCUT2D eigenvalue weighted by molar-refractivity contribution is 0.0730. The van der Waals surface area contributed by atoms with Crippen LogP contribution in [0.15, 0.2) is 42.9 Å². The molecule has 0 saturated carbocycles. The number of piperazine rings is 1. The van der Waals surface area contributed by atoms with Crippen molar-refractivity contribution in [1.82, 2.24) is 20.2 Å². The number of carbonyl (C=O) groups is 1. The lowest BCUT2D eigenvalue weighted by Gasteiger charge is -2.27. The molecule has 1 aliphatic heterocycles. The van der Waals surface area contributed by atoms with Gasteiger partial charge in [0, 0.05) is 50.3 Å². The molecule has 5 heteroatoms. The fraction of sp³-hybridized carbons (Fsp3) is 0.267. The highest BCUT2D eigenvalue weighted by Crippen LogP contribution is 2.17. The average Bonchev–Trinajstić information content (AvgIpc) is 2.56. The molecule has 0 aliphatic carbocycles. The third-order valence-electron chi connectivity index (χ3n) is 3.40. The summed E-state index contributed by atoms with van der Waals surface area (Å²) in [7, 11) is 0. The fourth-order valence-electron chi connectivity index (χ4n) is 2.27. The van der Waals surface area contributed by atoms with Crippen LogP contribution in [-0.2, 0) is 0 Å². The van der Waals surface area contributed by atoms with E-state index in [1.807, 2.05) is 23.1 Å². The van der Waals surface area contributed by atoms with E-state index < -0.39 is 0 Å². The summed E-state index contributed by atoms with van der Waals surface area (Å²) in [6, 6.07) is 7.57. The van der Waals surface area contributed by atoms with Crippen molar-refractivity contribution in [3.63, 3.8) is 0 Å². The summed E-state index contributed by atoms with van der Waals surface area (Å²) < 4.78 is 0. The maximum atomic E-state index is 12.3. The molecule has 1 amide bonds. The molecule has 5 nitrogen and oxygen atoms in total. The summed E-state index contributed by atoms with van der Waals surface area (Å²) in [5.74, 6) is 0.00720. The Morgan fingerprint density at radius 1 is 1.05 bits per heavy atom. The molecular formula is C15H16N4O. The van der Waals surface area contributed by atoms with Crippen molar-refractivity contribution >= 4 is 5.91 Å². The predicted octanol–water partition coefficient (Wildman–Crippen LogP) is 1.19. The van der Waals surface area contributed by atoms with E-state index in [4.69, 9.17) is 0 Å². The molecule has 0 aromatic carbocycles. The zero-order valence-corrected chi connectivity index (χ0v) is 11.1. The topological polar surface area (TPSA) is 58.1 Å². The van der Waals surface area contributed by atoms with Gasteiger partial charge in [0.25, 0.3) is 5.91 Å². The van der Waals surface area contributed by atoms with Crippen molar-refractivity contribution in [2.75, 3.05) is 26.2 Å². The van der Waals surface area contributed by atoms with Gasteiger partial charge in [0.15, 0.2) is 0 Å². The molecule has 0 spiro atoms. The molecule has 3 heterocycles. The number of nitrogens with zero attached hydrogens (tertiary/aromatic N) is 3. The molecule has 1 saturated heterocycles. The van der Waals surface area contributed by atoms with E-state index in [0.717, 1.165) is 37.3 Å². The Morgan fingerprint density at radius 3 is 2.45 bits per heavy atom. The van der Waals surface area contributed by atoms with Crippen LogP contribution in [-0.4, -0.2) is 47.0 Å². The second-order valence-electron chi connectivity index (χ2n) is 4.71. The summed E-state index contributed by atoms with van der Waals surface area (Å²) in [5.41, 5.74) is 2.54. The first kappa shape index (κ1) is 12.7. The van der Waals surface area contributed by atoms with Crippen molar-refractivity contribution in [3.8, 4) is 11.1 Å². The van der Waals surface area contributed by atoms with Gasteiger partial charge in [0.05, 0.1) is 0 Å². The van der Waals surface area contributed by atoms with Gasteiger partial charge in [-0.05, 0) is 23.8 Å². The number of hydrogen-bond acceptors (Lipinski definition) is 4. The molecule has 0 bridgehead atoms. The lowest BCUT2D eigenvalue weighted by Crippen LogP contribution is -2.46. The lowest BCUT2D eigenvalue weighted by atomic mass is 10.1. The zero-order chi connectivity index (χ0) is 13.8. The molecule has 3 rings (SSSR count).